The summed E-state index contributed by atoms with van der Waals surface area (Å²) in [5.74, 6) is -1.56. The SMILES string of the molecule is CCCSc1nc(N[C@@H]2CC2c2ccc(F)c(F)c2)c2nnn([C@@H]3C[C@H](O)C(OC(=O)c4ccccc4CC(C)=O)C3O)c2n1. The quantitative estimate of drug-likeness (QED) is 0.124. The van der Waals surface area contributed by atoms with Crippen molar-refractivity contribution < 1.29 is 33.3 Å². The Morgan fingerprint density at radius 2 is 1.91 bits per heavy atom. The van der Waals surface area contributed by atoms with E-state index in [9.17, 15) is 28.6 Å². The number of rotatable bonds is 11. The van der Waals surface area contributed by atoms with Crippen LogP contribution < -0.4 is 5.32 Å². The van der Waals surface area contributed by atoms with Crippen LogP contribution in [0, 0.1) is 11.6 Å². The van der Waals surface area contributed by atoms with Crippen LogP contribution in [0.2, 0.25) is 0 Å². The van der Waals surface area contributed by atoms with Gasteiger partial charge < -0.3 is 20.3 Å². The largest absolute Gasteiger partial charge is 0.453 e. The van der Waals surface area contributed by atoms with Gasteiger partial charge in [-0.1, -0.05) is 48.2 Å². The summed E-state index contributed by atoms with van der Waals surface area (Å²) < 4.78 is 34.3. The molecule has 45 heavy (non-hydrogen) atoms. The number of nitrogens with one attached hydrogen (secondary N) is 1. The number of esters is 1. The summed E-state index contributed by atoms with van der Waals surface area (Å²) in [5.41, 5.74) is 2.02. The van der Waals surface area contributed by atoms with Crippen molar-refractivity contribution >= 4 is 40.5 Å². The molecule has 4 aromatic rings. The molecule has 0 radical (unpaired) electrons. The molecule has 0 aliphatic heterocycles. The summed E-state index contributed by atoms with van der Waals surface area (Å²) in [6, 6.07) is 9.52. The van der Waals surface area contributed by atoms with Crippen molar-refractivity contribution in [3.63, 3.8) is 0 Å². The first-order valence-corrected chi connectivity index (χ1v) is 15.7. The molecule has 2 aromatic heterocycles. The fraction of sp³-hybridized carbons (Fsp3) is 0.419. The van der Waals surface area contributed by atoms with Gasteiger partial charge in [0.2, 0.25) is 0 Å². The topological polar surface area (TPSA) is 152 Å². The summed E-state index contributed by atoms with van der Waals surface area (Å²) in [6.07, 6.45) is -2.19. The Bertz CT molecular complexity index is 1750. The predicted molar refractivity (Wildman–Crippen MR) is 161 cm³/mol. The lowest BCUT2D eigenvalue weighted by molar-refractivity contribution is -0.116. The van der Waals surface area contributed by atoms with Crippen LogP contribution in [0.3, 0.4) is 0 Å². The van der Waals surface area contributed by atoms with Gasteiger partial charge in [0, 0.05) is 30.6 Å². The highest BCUT2D eigenvalue weighted by Crippen LogP contribution is 2.44. The monoisotopic (exact) mass is 638 g/mol. The molecule has 6 atom stereocenters. The highest BCUT2D eigenvalue weighted by atomic mass is 32.2. The molecule has 2 aliphatic rings. The normalized spacial score (nSPS) is 24.1. The minimum Gasteiger partial charge on any atom is -0.453 e. The first-order valence-electron chi connectivity index (χ1n) is 14.8. The molecule has 2 aromatic carbocycles. The third-order valence-corrected chi connectivity index (χ3v) is 9.10. The maximum absolute atomic E-state index is 13.8. The summed E-state index contributed by atoms with van der Waals surface area (Å²) in [4.78, 5) is 34.1. The van der Waals surface area contributed by atoms with Crippen molar-refractivity contribution in [3.05, 3.63) is 70.8 Å². The van der Waals surface area contributed by atoms with E-state index in [0.717, 1.165) is 18.2 Å². The zero-order valence-electron chi connectivity index (χ0n) is 24.6. The minimum absolute atomic E-state index is 0.0116. The molecule has 11 nitrogen and oxygen atoms in total. The van der Waals surface area contributed by atoms with Gasteiger partial charge in [-0.2, -0.15) is 0 Å². The van der Waals surface area contributed by atoms with Crippen molar-refractivity contribution in [2.75, 3.05) is 11.1 Å². The number of Topliss-reactive ketones (excluding diaryl/α,β-unsaturated/α-hetero) is 1. The predicted octanol–water partition coefficient (Wildman–Crippen LogP) is 3.99. The number of aliphatic hydroxyl groups is 2. The Morgan fingerprint density at radius 1 is 1.11 bits per heavy atom. The molecule has 0 spiro atoms. The van der Waals surface area contributed by atoms with E-state index in [4.69, 9.17) is 4.74 Å². The molecule has 0 amide bonds. The number of thioether (sulfide) groups is 1. The van der Waals surface area contributed by atoms with Gasteiger partial charge in [-0.3, -0.25) is 4.79 Å². The second-order valence-electron chi connectivity index (χ2n) is 11.4. The highest BCUT2D eigenvalue weighted by Gasteiger charge is 2.47. The van der Waals surface area contributed by atoms with Gasteiger partial charge in [0.15, 0.2) is 39.9 Å². The second-order valence-corrected chi connectivity index (χ2v) is 12.5. The average molecular weight is 639 g/mol. The van der Waals surface area contributed by atoms with Crippen LogP contribution in [-0.4, -0.2) is 77.0 Å². The second kappa shape index (κ2) is 12.8. The summed E-state index contributed by atoms with van der Waals surface area (Å²) in [5, 5.41) is 34.6. The molecule has 0 bridgehead atoms. The standard InChI is InChI=1S/C31H32F2N6O5S/c1-3-10-45-31-35-28(34-22-13-19(22)17-8-9-20(32)21(33)12-17)25-29(36-31)39(38-37-25)23-14-24(41)27(26(23)42)44-30(43)18-7-5-4-6-16(18)11-15(2)40/h4-9,12,19,22-24,26-27,41-42H,3,10-11,13-14H2,1-2H3,(H,34,35,36)/t19?,22-,23-,24+,26?,27?/m1/s1. The Balaban J connectivity index is 1.25. The number of fused-ring (bicyclic) bond motifs is 1. The van der Waals surface area contributed by atoms with Crippen LogP contribution in [0.5, 0.6) is 0 Å². The Hall–Kier alpha value is -4.01. The number of ether oxygens (including phenoxy) is 1. The van der Waals surface area contributed by atoms with Crippen LogP contribution in [0.1, 0.15) is 66.6 Å². The van der Waals surface area contributed by atoms with E-state index < -0.39 is 42.0 Å². The van der Waals surface area contributed by atoms with Crippen molar-refractivity contribution in [2.24, 2.45) is 0 Å². The number of aromatic nitrogens is 5. The summed E-state index contributed by atoms with van der Waals surface area (Å²) >= 11 is 1.44. The van der Waals surface area contributed by atoms with Crippen LogP contribution >= 0.6 is 11.8 Å². The smallest absolute Gasteiger partial charge is 0.338 e. The lowest BCUT2D eigenvalue weighted by Gasteiger charge is -2.21. The van der Waals surface area contributed by atoms with Crippen molar-refractivity contribution in [1.29, 1.82) is 0 Å². The summed E-state index contributed by atoms with van der Waals surface area (Å²) in [6.45, 7) is 3.45. The van der Waals surface area contributed by atoms with Crippen molar-refractivity contribution in [1.82, 2.24) is 25.0 Å². The molecule has 2 aliphatic carbocycles. The van der Waals surface area contributed by atoms with E-state index in [-0.39, 0.29) is 36.1 Å². The fourth-order valence-corrected chi connectivity index (χ4v) is 6.42. The van der Waals surface area contributed by atoms with Gasteiger partial charge >= 0.3 is 5.97 Å². The first-order chi connectivity index (χ1) is 21.6. The van der Waals surface area contributed by atoms with Gasteiger partial charge in [-0.15, -0.1) is 5.10 Å². The molecule has 2 saturated carbocycles. The van der Waals surface area contributed by atoms with Crippen LogP contribution in [-0.2, 0) is 16.0 Å². The zero-order valence-corrected chi connectivity index (χ0v) is 25.4. The van der Waals surface area contributed by atoms with Gasteiger partial charge in [-0.25, -0.2) is 28.2 Å². The Morgan fingerprint density at radius 3 is 2.67 bits per heavy atom. The molecule has 0 saturated heterocycles. The molecule has 3 unspecified atom stereocenters. The lowest BCUT2D eigenvalue weighted by Crippen LogP contribution is -2.36. The average Bonchev–Trinajstić information content (AvgIpc) is 3.56. The van der Waals surface area contributed by atoms with Crippen LogP contribution in [0.25, 0.3) is 11.2 Å². The maximum Gasteiger partial charge on any atom is 0.338 e. The summed E-state index contributed by atoms with van der Waals surface area (Å²) in [7, 11) is 0. The minimum atomic E-state index is -1.34. The molecular formula is C31H32F2N6O5S. The van der Waals surface area contributed by atoms with Crippen molar-refractivity contribution in [3.8, 4) is 0 Å². The highest BCUT2D eigenvalue weighted by molar-refractivity contribution is 7.99. The number of ketones is 1. The van der Waals surface area contributed by atoms with Crippen LogP contribution in [0.15, 0.2) is 47.6 Å². The number of carbonyl (C=O) groups excluding carboxylic acids is 2. The molecule has 2 heterocycles. The third-order valence-electron chi connectivity index (χ3n) is 8.05. The van der Waals surface area contributed by atoms with E-state index in [1.165, 1.54) is 35.5 Å². The molecule has 3 N–H and O–H groups in total. The third kappa shape index (κ3) is 6.40. The van der Waals surface area contributed by atoms with E-state index in [1.807, 2.05) is 6.92 Å². The number of hydrogen-bond acceptors (Lipinski definition) is 11. The molecule has 6 rings (SSSR count). The van der Waals surface area contributed by atoms with Crippen molar-refractivity contribution in [2.45, 2.75) is 81.0 Å². The number of carbonyl (C=O) groups is 2. The van der Waals surface area contributed by atoms with E-state index in [0.29, 0.717) is 39.7 Å². The number of aliphatic hydroxyl groups excluding tert-OH is 2. The zero-order chi connectivity index (χ0) is 31.8. The number of benzene rings is 2. The first kappa shape index (κ1) is 31.0. The van der Waals surface area contributed by atoms with Gasteiger partial charge in [0.05, 0.1) is 17.7 Å². The van der Waals surface area contributed by atoms with Gasteiger partial charge in [-0.05, 0) is 49.1 Å². The Labute approximate surface area is 261 Å². The van der Waals surface area contributed by atoms with Gasteiger partial charge in [0.1, 0.15) is 11.9 Å². The number of nitrogens with zero attached hydrogens (tertiary/aromatic N) is 5. The van der Waals surface area contributed by atoms with E-state index in [2.05, 4.69) is 25.6 Å². The Kier molecular flexibility index (Phi) is 8.80. The molecule has 14 heteroatoms. The number of halogens is 2. The maximum atomic E-state index is 13.8. The number of anilines is 1. The number of hydrogen-bond donors (Lipinski definition) is 3. The fourth-order valence-electron chi connectivity index (χ4n) is 5.72. The molecule has 2 fully saturated rings. The van der Waals surface area contributed by atoms with E-state index in [1.54, 1.807) is 24.3 Å². The molecule has 236 valence electrons. The molecular weight excluding hydrogens is 606 g/mol. The van der Waals surface area contributed by atoms with E-state index >= 15 is 0 Å². The van der Waals surface area contributed by atoms with Crippen LogP contribution in [0.4, 0.5) is 14.6 Å². The lowest BCUT2D eigenvalue weighted by atomic mass is 10.0. The van der Waals surface area contributed by atoms with Gasteiger partial charge in [0.25, 0.3) is 0 Å².